The molecule has 9 nitrogen and oxygen atoms in total. The van der Waals surface area contributed by atoms with Crippen LogP contribution in [0.2, 0.25) is 0 Å². The summed E-state index contributed by atoms with van der Waals surface area (Å²) < 4.78 is 32.9. The second-order valence-corrected chi connectivity index (χ2v) is 9.64. The maximum Gasteiger partial charge on any atom is 0.273 e. The quantitative estimate of drug-likeness (QED) is 0.597. The number of aromatic nitrogens is 3. The predicted octanol–water partition coefficient (Wildman–Crippen LogP) is 2.59. The molecule has 30 heavy (non-hydrogen) atoms. The van der Waals surface area contributed by atoms with Gasteiger partial charge < -0.3 is 9.42 Å². The molecule has 4 rings (SSSR count). The Morgan fingerprint density at radius 1 is 1.13 bits per heavy atom. The number of amides is 1. The van der Waals surface area contributed by atoms with Gasteiger partial charge in [0.25, 0.3) is 5.91 Å². The maximum atomic E-state index is 13.0. The van der Waals surface area contributed by atoms with E-state index < -0.39 is 10.0 Å². The number of H-pyrrole nitrogens is 1. The Balaban J connectivity index is 1.49. The zero-order valence-corrected chi connectivity index (χ0v) is 18.8. The van der Waals surface area contributed by atoms with Gasteiger partial charge >= 0.3 is 0 Å². The predicted molar refractivity (Wildman–Crippen MR) is 112 cm³/mol. The van der Waals surface area contributed by atoms with E-state index in [2.05, 4.69) is 31.3 Å². The first-order valence-electron chi connectivity index (χ1n) is 9.32. The summed E-state index contributed by atoms with van der Waals surface area (Å²) in [5.41, 5.74) is 2.21. The molecule has 1 N–H and O–H groups in total. The smallest absolute Gasteiger partial charge is 0.273 e. The standard InChI is InChI=1S/C19H20BrN5O4S/c1-12-18(13(2)29-23-12)30(27,28)25-10-8-24(9-11-25)19(26)17-15(20)16(21-22-17)14-6-4-3-5-7-14/h3-7H,8-11H2,1-2H3,(H,21,22). The van der Waals surface area contributed by atoms with Gasteiger partial charge in [-0.1, -0.05) is 35.5 Å². The molecule has 0 bridgehead atoms. The first kappa shape index (κ1) is 20.8. The lowest BCUT2D eigenvalue weighted by Crippen LogP contribution is -2.50. The molecule has 0 spiro atoms. The van der Waals surface area contributed by atoms with E-state index in [9.17, 15) is 13.2 Å². The lowest BCUT2D eigenvalue weighted by atomic mass is 10.1. The number of carbonyl (C=O) groups is 1. The van der Waals surface area contributed by atoms with Crippen molar-refractivity contribution < 1.29 is 17.7 Å². The second-order valence-electron chi connectivity index (χ2n) is 6.98. The molecule has 1 aliphatic rings. The third-order valence-corrected chi connectivity index (χ3v) is 7.98. The molecule has 1 fully saturated rings. The van der Waals surface area contributed by atoms with Crippen LogP contribution in [-0.4, -0.2) is 65.1 Å². The SMILES string of the molecule is Cc1noc(C)c1S(=O)(=O)N1CCN(C(=O)c2[nH]nc(-c3ccccc3)c2Br)CC1. The van der Waals surface area contributed by atoms with E-state index >= 15 is 0 Å². The van der Waals surface area contributed by atoms with E-state index in [1.165, 1.54) is 4.31 Å². The van der Waals surface area contributed by atoms with Crippen LogP contribution < -0.4 is 0 Å². The van der Waals surface area contributed by atoms with Crippen LogP contribution in [0.4, 0.5) is 0 Å². The van der Waals surface area contributed by atoms with Gasteiger partial charge in [0.05, 0.1) is 4.47 Å². The Hall–Kier alpha value is -2.50. The van der Waals surface area contributed by atoms with Crippen LogP contribution in [0.5, 0.6) is 0 Å². The van der Waals surface area contributed by atoms with E-state index in [4.69, 9.17) is 4.52 Å². The summed E-state index contributed by atoms with van der Waals surface area (Å²) in [5, 5.41) is 10.8. The van der Waals surface area contributed by atoms with Crippen LogP contribution in [0.15, 0.2) is 44.2 Å². The van der Waals surface area contributed by atoms with Crippen LogP contribution in [0.1, 0.15) is 21.9 Å². The molecule has 2 aromatic heterocycles. The highest BCUT2D eigenvalue weighted by Gasteiger charge is 2.35. The van der Waals surface area contributed by atoms with Gasteiger partial charge in [0.1, 0.15) is 22.0 Å². The zero-order chi connectivity index (χ0) is 21.5. The Labute approximate surface area is 182 Å². The summed E-state index contributed by atoms with van der Waals surface area (Å²) >= 11 is 3.48. The minimum absolute atomic E-state index is 0.103. The molecule has 0 atom stereocenters. The molecule has 3 aromatic rings. The number of sulfonamides is 1. The van der Waals surface area contributed by atoms with E-state index in [0.717, 1.165) is 5.56 Å². The summed E-state index contributed by atoms with van der Waals surface area (Å²) in [7, 11) is -3.72. The van der Waals surface area contributed by atoms with Gasteiger partial charge in [-0.2, -0.15) is 9.40 Å². The molecular formula is C19H20BrN5O4S. The van der Waals surface area contributed by atoms with E-state index in [1.54, 1.807) is 18.7 Å². The third kappa shape index (κ3) is 3.57. The van der Waals surface area contributed by atoms with Crippen LogP contribution >= 0.6 is 15.9 Å². The number of nitrogens with zero attached hydrogens (tertiary/aromatic N) is 4. The van der Waals surface area contributed by atoms with Crippen molar-refractivity contribution in [2.45, 2.75) is 18.7 Å². The molecule has 0 saturated carbocycles. The Morgan fingerprint density at radius 3 is 2.40 bits per heavy atom. The molecular weight excluding hydrogens is 474 g/mol. The zero-order valence-electron chi connectivity index (χ0n) is 16.4. The highest BCUT2D eigenvalue weighted by molar-refractivity contribution is 9.10. The molecule has 0 radical (unpaired) electrons. The molecule has 1 amide bonds. The van der Waals surface area contributed by atoms with Crippen molar-refractivity contribution in [3.8, 4) is 11.3 Å². The van der Waals surface area contributed by atoms with Gasteiger partial charge in [-0.25, -0.2) is 8.42 Å². The van der Waals surface area contributed by atoms with Crippen molar-refractivity contribution in [2.75, 3.05) is 26.2 Å². The Morgan fingerprint density at radius 2 is 1.80 bits per heavy atom. The highest BCUT2D eigenvalue weighted by atomic mass is 79.9. The van der Waals surface area contributed by atoms with Gasteiger partial charge in [0.2, 0.25) is 10.0 Å². The summed E-state index contributed by atoms with van der Waals surface area (Å²) in [4.78, 5) is 14.7. The van der Waals surface area contributed by atoms with Crippen molar-refractivity contribution in [1.82, 2.24) is 24.6 Å². The molecule has 0 aliphatic carbocycles. The van der Waals surface area contributed by atoms with Gasteiger partial charge in [0, 0.05) is 31.7 Å². The number of benzene rings is 1. The van der Waals surface area contributed by atoms with Crippen molar-refractivity contribution in [2.24, 2.45) is 0 Å². The van der Waals surface area contributed by atoms with Crippen molar-refractivity contribution in [3.63, 3.8) is 0 Å². The highest BCUT2D eigenvalue weighted by Crippen LogP contribution is 2.30. The van der Waals surface area contributed by atoms with Crippen LogP contribution in [0, 0.1) is 13.8 Å². The van der Waals surface area contributed by atoms with Crippen LogP contribution in [0.25, 0.3) is 11.3 Å². The molecule has 0 unspecified atom stereocenters. The number of nitrogens with one attached hydrogen (secondary N) is 1. The first-order valence-corrected chi connectivity index (χ1v) is 11.6. The normalized spacial score (nSPS) is 15.5. The second kappa shape index (κ2) is 7.97. The van der Waals surface area contributed by atoms with E-state index in [-0.39, 0.29) is 42.7 Å². The molecule has 158 valence electrons. The number of aryl methyl sites for hydroxylation is 2. The summed E-state index contributed by atoms with van der Waals surface area (Å²) in [5.74, 6) is 0.0341. The number of piperazine rings is 1. The average Bonchev–Trinajstić information content (AvgIpc) is 3.30. The van der Waals surface area contributed by atoms with Gasteiger partial charge in [-0.3, -0.25) is 9.89 Å². The third-order valence-electron chi connectivity index (χ3n) is 5.06. The van der Waals surface area contributed by atoms with E-state index in [1.807, 2.05) is 30.3 Å². The molecule has 1 aromatic carbocycles. The summed E-state index contributed by atoms with van der Waals surface area (Å²) in [6.07, 6.45) is 0. The number of halogens is 1. The summed E-state index contributed by atoms with van der Waals surface area (Å²) in [6.45, 7) is 4.10. The lowest BCUT2D eigenvalue weighted by Gasteiger charge is -2.33. The monoisotopic (exact) mass is 493 g/mol. The van der Waals surface area contributed by atoms with Crippen LogP contribution in [0.3, 0.4) is 0 Å². The fourth-order valence-corrected chi connectivity index (χ4v) is 5.81. The van der Waals surface area contributed by atoms with Gasteiger partial charge in [0.15, 0.2) is 5.76 Å². The number of hydrogen-bond acceptors (Lipinski definition) is 6. The molecule has 1 saturated heterocycles. The largest absolute Gasteiger partial charge is 0.360 e. The van der Waals surface area contributed by atoms with Crippen molar-refractivity contribution in [3.05, 3.63) is 52.0 Å². The Bertz CT molecular complexity index is 1160. The van der Waals surface area contributed by atoms with Crippen molar-refractivity contribution in [1.29, 1.82) is 0 Å². The van der Waals surface area contributed by atoms with Gasteiger partial charge in [-0.15, -0.1) is 0 Å². The fraction of sp³-hybridized carbons (Fsp3) is 0.316. The topological polar surface area (TPSA) is 112 Å². The van der Waals surface area contributed by atoms with E-state index in [0.29, 0.717) is 21.6 Å². The lowest BCUT2D eigenvalue weighted by molar-refractivity contribution is 0.0691. The fourth-order valence-electron chi connectivity index (χ4n) is 3.52. The molecule has 3 heterocycles. The number of rotatable bonds is 4. The number of hydrogen-bond donors (Lipinski definition) is 1. The number of aromatic amines is 1. The minimum Gasteiger partial charge on any atom is -0.360 e. The van der Waals surface area contributed by atoms with Crippen LogP contribution in [-0.2, 0) is 10.0 Å². The molecule has 11 heteroatoms. The first-order chi connectivity index (χ1) is 14.3. The summed E-state index contributed by atoms with van der Waals surface area (Å²) in [6, 6.07) is 9.53. The minimum atomic E-state index is -3.72. The maximum absolute atomic E-state index is 13.0. The Kier molecular flexibility index (Phi) is 5.51. The molecule has 1 aliphatic heterocycles. The van der Waals surface area contributed by atoms with Gasteiger partial charge in [-0.05, 0) is 29.8 Å². The average molecular weight is 494 g/mol. The number of carbonyl (C=O) groups excluding carboxylic acids is 1. The van der Waals surface area contributed by atoms with Crippen molar-refractivity contribution >= 4 is 31.9 Å².